The molecule has 2 rings (SSSR count). The molecule has 1 heterocycles. The van der Waals surface area contributed by atoms with Crippen LogP contribution < -0.4 is 4.90 Å². The van der Waals surface area contributed by atoms with Gasteiger partial charge in [0.15, 0.2) is 5.82 Å². The third kappa shape index (κ3) is 2.81. The van der Waals surface area contributed by atoms with Crippen LogP contribution in [0.3, 0.4) is 0 Å². The summed E-state index contributed by atoms with van der Waals surface area (Å²) < 4.78 is 1.86. The Morgan fingerprint density at radius 2 is 2.00 bits per heavy atom. The van der Waals surface area contributed by atoms with Crippen molar-refractivity contribution in [2.75, 3.05) is 11.9 Å². The second-order valence-corrected chi connectivity index (χ2v) is 4.01. The molecule has 0 aliphatic heterocycles. The summed E-state index contributed by atoms with van der Waals surface area (Å²) in [6.45, 7) is 3.70. The third-order valence-corrected chi connectivity index (χ3v) is 2.62. The topological polar surface area (TPSA) is 46.8 Å². The Balaban J connectivity index is 2.08. The van der Waals surface area contributed by atoms with Gasteiger partial charge in [-0.05, 0) is 29.0 Å². The van der Waals surface area contributed by atoms with E-state index in [1.165, 1.54) is 5.69 Å². The van der Waals surface area contributed by atoms with E-state index in [2.05, 4.69) is 39.5 Å². The van der Waals surface area contributed by atoms with Crippen molar-refractivity contribution in [3.8, 4) is 0 Å². The number of benzene rings is 1. The Morgan fingerprint density at radius 1 is 1.24 bits per heavy atom. The van der Waals surface area contributed by atoms with Crippen molar-refractivity contribution in [3.63, 3.8) is 0 Å². The second kappa shape index (κ2) is 5.43. The predicted octanol–water partition coefficient (Wildman–Crippen LogP) is 1.72. The van der Waals surface area contributed by atoms with E-state index in [1.54, 1.807) is 0 Å². The number of nitrogens with zero attached hydrogens (tertiary/aromatic N) is 5. The molecule has 0 aliphatic carbocycles. The summed E-state index contributed by atoms with van der Waals surface area (Å²) in [4.78, 5) is 2.14. The van der Waals surface area contributed by atoms with E-state index < -0.39 is 0 Å². The number of aromatic nitrogens is 4. The number of hydrogen-bond donors (Lipinski definition) is 0. The first-order valence-electron chi connectivity index (χ1n) is 5.82. The molecule has 0 atom stereocenters. The summed E-state index contributed by atoms with van der Waals surface area (Å²) in [7, 11) is 2.04. The molecule has 2 aromatic rings. The fourth-order valence-corrected chi connectivity index (χ4v) is 1.71. The number of para-hydroxylation sites is 1. The number of hydrogen-bond acceptors (Lipinski definition) is 4. The van der Waals surface area contributed by atoms with E-state index in [0.717, 1.165) is 25.3 Å². The molecule has 5 nitrogen and oxygen atoms in total. The smallest absolute Gasteiger partial charge is 0.170 e. The lowest BCUT2D eigenvalue weighted by Crippen LogP contribution is -2.20. The first-order chi connectivity index (χ1) is 8.31. The van der Waals surface area contributed by atoms with Gasteiger partial charge < -0.3 is 4.90 Å². The molecule has 0 saturated carbocycles. The summed E-state index contributed by atoms with van der Waals surface area (Å²) >= 11 is 0. The van der Waals surface area contributed by atoms with Gasteiger partial charge in [0.1, 0.15) is 0 Å². The highest BCUT2D eigenvalue weighted by Gasteiger charge is 2.08. The average Bonchev–Trinajstić information content (AvgIpc) is 2.78. The highest BCUT2D eigenvalue weighted by molar-refractivity contribution is 5.44. The van der Waals surface area contributed by atoms with Gasteiger partial charge in [-0.3, -0.25) is 0 Å². The molecule has 1 aromatic heterocycles. The molecule has 90 valence electrons. The molecule has 0 N–H and O–H groups in total. The monoisotopic (exact) mass is 231 g/mol. The van der Waals surface area contributed by atoms with Crippen molar-refractivity contribution < 1.29 is 0 Å². The standard InChI is InChI=1S/C12H17N5/c1-3-9-17-12(13-14-15-17)10-16(2)11-7-5-4-6-8-11/h4-8H,3,9-10H2,1-2H3. The van der Waals surface area contributed by atoms with Gasteiger partial charge in [0, 0.05) is 19.3 Å². The SMILES string of the molecule is CCCn1nnnc1CN(C)c1ccccc1. The van der Waals surface area contributed by atoms with Crippen LogP contribution in [0.4, 0.5) is 5.69 Å². The van der Waals surface area contributed by atoms with E-state index in [4.69, 9.17) is 0 Å². The van der Waals surface area contributed by atoms with E-state index in [1.807, 2.05) is 29.9 Å². The number of tetrazole rings is 1. The highest BCUT2D eigenvalue weighted by atomic mass is 15.5. The maximum absolute atomic E-state index is 4.06. The zero-order valence-corrected chi connectivity index (χ0v) is 10.2. The van der Waals surface area contributed by atoms with Crippen LogP contribution in [0, 0.1) is 0 Å². The summed E-state index contributed by atoms with van der Waals surface area (Å²) in [6.07, 6.45) is 1.03. The maximum atomic E-state index is 4.06. The third-order valence-electron chi connectivity index (χ3n) is 2.62. The van der Waals surface area contributed by atoms with Gasteiger partial charge in [0.25, 0.3) is 0 Å². The molecule has 0 fully saturated rings. The van der Waals surface area contributed by atoms with Crippen LogP contribution in [0.25, 0.3) is 0 Å². The molecule has 0 amide bonds. The maximum Gasteiger partial charge on any atom is 0.170 e. The Kier molecular flexibility index (Phi) is 3.69. The van der Waals surface area contributed by atoms with Crippen LogP contribution in [0.2, 0.25) is 0 Å². The Labute approximate surface area is 101 Å². The molecule has 0 radical (unpaired) electrons. The first kappa shape index (κ1) is 11.6. The molecular formula is C12H17N5. The van der Waals surface area contributed by atoms with Gasteiger partial charge in [-0.25, -0.2) is 4.68 Å². The molecular weight excluding hydrogens is 214 g/mol. The van der Waals surface area contributed by atoms with Gasteiger partial charge in [-0.15, -0.1) is 5.10 Å². The van der Waals surface area contributed by atoms with Crippen molar-refractivity contribution in [1.29, 1.82) is 0 Å². The van der Waals surface area contributed by atoms with Crippen LogP contribution in [-0.2, 0) is 13.1 Å². The molecule has 17 heavy (non-hydrogen) atoms. The van der Waals surface area contributed by atoms with Gasteiger partial charge in [0.05, 0.1) is 6.54 Å². The van der Waals surface area contributed by atoms with Crippen LogP contribution in [-0.4, -0.2) is 27.3 Å². The Morgan fingerprint density at radius 3 is 2.71 bits per heavy atom. The molecule has 0 bridgehead atoms. The summed E-state index contributed by atoms with van der Waals surface area (Å²) in [5.74, 6) is 0.901. The largest absolute Gasteiger partial charge is 0.367 e. The number of rotatable bonds is 5. The average molecular weight is 231 g/mol. The molecule has 0 spiro atoms. The zero-order valence-electron chi connectivity index (χ0n) is 10.2. The van der Waals surface area contributed by atoms with E-state index in [-0.39, 0.29) is 0 Å². The van der Waals surface area contributed by atoms with Crippen LogP contribution in [0.5, 0.6) is 0 Å². The molecule has 5 heteroatoms. The Hall–Kier alpha value is -1.91. The van der Waals surface area contributed by atoms with E-state index in [0.29, 0.717) is 0 Å². The van der Waals surface area contributed by atoms with Crippen molar-refractivity contribution in [2.24, 2.45) is 0 Å². The van der Waals surface area contributed by atoms with Gasteiger partial charge in [0.2, 0.25) is 0 Å². The minimum Gasteiger partial charge on any atom is -0.367 e. The lowest BCUT2D eigenvalue weighted by molar-refractivity contribution is 0.552. The van der Waals surface area contributed by atoms with Crippen molar-refractivity contribution in [1.82, 2.24) is 20.2 Å². The molecule has 1 aromatic carbocycles. The zero-order chi connectivity index (χ0) is 12.1. The fourth-order valence-electron chi connectivity index (χ4n) is 1.71. The van der Waals surface area contributed by atoms with Crippen molar-refractivity contribution in [2.45, 2.75) is 26.4 Å². The minimum absolute atomic E-state index is 0.719. The van der Waals surface area contributed by atoms with Crippen LogP contribution in [0.1, 0.15) is 19.2 Å². The quantitative estimate of drug-likeness (QED) is 0.786. The van der Waals surface area contributed by atoms with Gasteiger partial charge in [-0.2, -0.15) is 0 Å². The van der Waals surface area contributed by atoms with Crippen LogP contribution in [0.15, 0.2) is 30.3 Å². The second-order valence-electron chi connectivity index (χ2n) is 4.01. The van der Waals surface area contributed by atoms with Gasteiger partial charge in [-0.1, -0.05) is 25.1 Å². The number of anilines is 1. The Bertz CT molecular complexity index is 451. The minimum atomic E-state index is 0.719. The lowest BCUT2D eigenvalue weighted by atomic mass is 10.3. The molecule has 0 unspecified atom stereocenters. The fraction of sp³-hybridized carbons (Fsp3) is 0.417. The van der Waals surface area contributed by atoms with E-state index >= 15 is 0 Å². The first-order valence-corrected chi connectivity index (χ1v) is 5.82. The molecule has 0 saturated heterocycles. The van der Waals surface area contributed by atoms with Crippen molar-refractivity contribution >= 4 is 5.69 Å². The predicted molar refractivity (Wildman–Crippen MR) is 66.7 cm³/mol. The van der Waals surface area contributed by atoms with E-state index in [9.17, 15) is 0 Å². The number of aryl methyl sites for hydroxylation is 1. The normalized spacial score (nSPS) is 10.5. The highest BCUT2D eigenvalue weighted by Crippen LogP contribution is 2.13. The van der Waals surface area contributed by atoms with Gasteiger partial charge >= 0.3 is 0 Å². The summed E-state index contributed by atoms with van der Waals surface area (Å²) in [6, 6.07) is 10.2. The van der Waals surface area contributed by atoms with Crippen LogP contribution >= 0.6 is 0 Å². The summed E-state index contributed by atoms with van der Waals surface area (Å²) in [5, 5.41) is 11.8. The molecule has 0 aliphatic rings. The summed E-state index contributed by atoms with van der Waals surface area (Å²) in [5.41, 5.74) is 1.17. The van der Waals surface area contributed by atoms with Crippen molar-refractivity contribution in [3.05, 3.63) is 36.2 Å². The lowest BCUT2D eigenvalue weighted by Gasteiger charge is -2.18.